The zero-order chi connectivity index (χ0) is 14.0. The maximum absolute atomic E-state index is 13.5. The molecule has 0 aromatic heterocycles. The first-order valence-corrected chi connectivity index (χ1v) is 6.37. The van der Waals surface area contributed by atoms with Gasteiger partial charge in [-0.25, -0.2) is 8.78 Å². The van der Waals surface area contributed by atoms with Crippen molar-refractivity contribution in [2.75, 3.05) is 13.1 Å². The average Bonchev–Trinajstić information content (AvgIpc) is 2.82. The third kappa shape index (κ3) is 3.29. The van der Waals surface area contributed by atoms with Crippen LogP contribution in [-0.2, 0) is 11.2 Å². The molecule has 2 rings (SSSR count). The van der Waals surface area contributed by atoms with E-state index >= 15 is 0 Å². The number of nitrogens with zero attached hydrogens (tertiary/aromatic N) is 1. The molecule has 1 amide bonds. The Balaban J connectivity index is 1.98. The van der Waals surface area contributed by atoms with Gasteiger partial charge in [0.05, 0.1) is 12.5 Å². The van der Waals surface area contributed by atoms with Gasteiger partial charge in [0.1, 0.15) is 11.6 Å². The summed E-state index contributed by atoms with van der Waals surface area (Å²) in [4.78, 5) is 13.6. The largest absolute Gasteiger partial charge is 0.393 e. The highest BCUT2D eigenvalue weighted by Gasteiger charge is 2.29. The molecule has 0 aliphatic carbocycles. The predicted molar refractivity (Wildman–Crippen MR) is 66.4 cm³/mol. The fourth-order valence-corrected chi connectivity index (χ4v) is 2.35. The molecular weight excluding hydrogens is 252 g/mol. The topological polar surface area (TPSA) is 40.5 Å². The Morgan fingerprint density at radius 3 is 2.84 bits per heavy atom. The standard InChI is InChI=1S/C14H17F2NO2/c1-9(18)11-4-5-17(8-11)14(19)6-10-2-3-12(15)7-13(10)16/h2-3,7,9,11,18H,4-6,8H2,1H3. The van der Waals surface area contributed by atoms with Crippen LogP contribution in [0.4, 0.5) is 8.78 Å². The van der Waals surface area contributed by atoms with Crippen LogP contribution in [0, 0.1) is 17.6 Å². The van der Waals surface area contributed by atoms with E-state index in [1.807, 2.05) is 0 Å². The molecule has 2 atom stereocenters. The second-order valence-electron chi connectivity index (χ2n) is 5.04. The van der Waals surface area contributed by atoms with E-state index in [0.717, 1.165) is 18.6 Å². The number of amides is 1. The van der Waals surface area contributed by atoms with Gasteiger partial charge in [0.15, 0.2) is 0 Å². The SMILES string of the molecule is CC(O)C1CCN(C(=O)Cc2ccc(F)cc2F)C1. The zero-order valence-electron chi connectivity index (χ0n) is 10.8. The minimum atomic E-state index is -0.695. The minimum absolute atomic E-state index is 0.0708. The molecule has 0 bridgehead atoms. The van der Waals surface area contributed by atoms with Crippen molar-refractivity contribution in [3.05, 3.63) is 35.4 Å². The quantitative estimate of drug-likeness (QED) is 0.908. The molecule has 0 saturated carbocycles. The summed E-state index contributed by atoms with van der Waals surface area (Å²) < 4.78 is 26.2. The number of benzene rings is 1. The van der Waals surface area contributed by atoms with Crippen LogP contribution in [0.2, 0.25) is 0 Å². The molecule has 0 spiro atoms. The number of aliphatic hydroxyl groups excluding tert-OH is 1. The van der Waals surface area contributed by atoms with Crippen LogP contribution in [0.15, 0.2) is 18.2 Å². The maximum atomic E-state index is 13.5. The van der Waals surface area contributed by atoms with Crippen LogP contribution in [0.25, 0.3) is 0 Å². The molecule has 1 aromatic rings. The van der Waals surface area contributed by atoms with Gasteiger partial charge in [-0.15, -0.1) is 0 Å². The summed E-state index contributed by atoms with van der Waals surface area (Å²) in [5.41, 5.74) is 0.201. The summed E-state index contributed by atoms with van der Waals surface area (Å²) in [6.07, 6.45) is 0.244. The maximum Gasteiger partial charge on any atom is 0.227 e. The van der Waals surface area contributed by atoms with Crippen molar-refractivity contribution >= 4 is 5.91 Å². The highest BCUT2D eigenvalue weighted by molar-refractivity contribution is 5.79. The molecule has 104 valence electrons. The lowest BCUT2D eigenvalue weighted by Gasteiger charge is -2.18. The first kappa shape index (κ1) is 13.9. The molecule has 1 aliphatic rings. The van der Waals surface area contributed by atoms with E-state index in [2.05, 4.69) is 0 Å². The smallest absolute Gasteiger partial charge is 0.227 e. The van der Waals surface area contributed by atoms with E-state index in [0.29, 0.717) is 13.1 Å². The minimum Gasteiger partial charge on any atom is -0.393 e. The second kappa shape index (κ2) is 5.65. The van der Waals surface area contributed by atoms with Crippen LogP contribution in [0.5, 0.6) is 0 Å². The molecule has 1 N–H and O–H groups in total. The van der Waals surface area contributed by atoms with Gasteiger partial charge < -0.3 is 10.0 Å². The Morgan fingerprint density at radius 1 is 1.53 bits per heavy atom. The Bertz CT molecular complexity index is 477. The number of likely N-dealkylation sites (tertiary alicyclic amines) is 1. The fraction of sp³-hybridized carbons (Fsp3) is 0.500. The monoisotopic (exact) mass is 269 g/mol. The summed E-state index contributed by atoms with van der Waals surface area (Å²) in [6.45, 7) is 2.79. The normalized spacial score (nSPS) is 20.6. The average molecular weight is 269 g/mol. The van der Waals surface area contributed by atoms with Crippen molar-refractivity contribution in [2.24, 2.45) is 5.92 Å². The molecule has 3 nitrogen and oxygen atoms in total. The fourth-order valence-electron chi connectivity index (χ4n) is 2.35. The number of carbonyl (C=O) groups is 1. The number of aliphatic hydroxyl groups is 1. The summed E-state index contributed by atoms with van der Waals surface area (Å²) >= 11 is 0. The van der Waals surface area contributed by atoms with E-state index in [1.165, 1.54) is 6.07 Å². The molecule has 1 aliphatic heterocycles. The number of carbonyl (C=O) groups excluding carboxylic acids is 1. The highest BCUT2D eigenvalue weighted by Crippen LogP contribution is 2.21. The van der Waals surface area contributed by atoms with Crippen molar-refractivity contribution in [2.45, 2.75) is 25.9 Å². The van der Waals surface area contributed by atoms with Crippen LogP contribution in [0.3, 0.4) is 0 Å². The third-order valence-electron chi connectivity index (χ3n) is 3.62. The molecule has 5 heteroatoms. The van der Waals surface area contributed by atoms with Crippen molar-refractivity contribution in [1.29, 1.82) is 0 Å². The van der Waals surface area contributed by atoms with Crippen LogP contribution in [0.1, 0.15) is 18.9 Å². The van der Waals surface area contributed by atoms with Crippen LogP contribution in [-0.4, -0.2) is 35.1 Å². The van der Waals surface area contributed by atoms with Gasteiger partial charge in [0.2, 0.25) is 5.91 Å². The molecule has 1 aromatic carbocycles. The van der Waals surface area contributed by atoms with E-state index in [1.54, 1.807) is 11.8 Å². The molecule has 0 radical (unpaired) electrons. The van der Waals surface area contributed by atoms with Gasteiger partial charge in [-0.2, -0.15) is 0 Å². The van der Waals surface area contributed by atoms with E-state index in [4.69, 9.17) is 0 Å². The van der Waals surface area contributed by atoms with Gasteiger partial charge in [0.25, 0.3) is 0 Å². The second-order valence-corrected chi connectivity index (χ2v) is 5.04. The molecule has 19 heavy (non-hydrogen) atoms. The van der Waals surface area contributed by atoms with Gasteiger partial charge in [-0.05, 0) is 25.0 Å². The van der Waals surface area contributed by atoms with Gasteiger partial charge in [-0.1, -0.05) is 6.07 Å². The van der Waals surface area contributed by atoms with Gasteiger partial charge >= 0.3 is 0 Å². The van der Waals surface area contributed by atoms with Gasteiger partial charge in [0, 0.05) is 25.1 Å². The molecular formula is C14H17F2NO2. The lowest BCUT2D eigenvalue weighted by atomic mass is 10.0. The molecule has 1 saturated heterocycles. The molecule has 2 unspecified atom stereocenters. The van der Waals surface area contributed by atoms with E-state index in [-0.39, 0.29) is 23.8 Å². The Kier molecular flexibility index (Phi) is 4.14. The van der Waals surface area contributed by atoms with Crippen molar-refractivity contribution < 1.29 is 18.7 Å². The number of hydrogen-bond acceptors (Lipinski definition) is 2. The lowest BCUT2D eigenvalue weighted by Crippen LogP contribution is -2.31. The summed E-state index contributed by atoms with van der Waals surface area (Å²) in [7, 11) is 0. The lowest BCUT2D eigenvalue weighted by molar-refractivity contribution is -0.129. The summed E-state index contributed by atoms with van der Waals surface area (Å²) in [5, 5.41) is 9.48. The Morgan fingerprint density at radius 2 is 2.26 bits per heavy atom. The first-order valence-electron chi connectivity index (χ1n) is 6.37. The van der Waals surface area contributed by atoms with Crippen molar-refractivity contribution in [1.82, 2.24) is 4.90 Å². The van der Waals surface area contributed by atoms with E-state index < -0.39 is 17.7 Å². The predicted octanol–water partition coefficient (Wildman–Crippen LogP) is 1.74. The molecule has 1 fully saturated rings. The Labute approximate surface area is 110 Å². The zero-order valence-corrected chi connectivity index (χ0v) is 10.8. The van der Waals surface area contributed by atoms with E-state index in [9.17, 15) is 18.7 Å². The first-order chi connectivity index (χ1) is 8.97. The summed E-state index contributed by atoms with van der Waals surface area (Å²) in [5.74, 6) is -1.45. The third-order valence-corrected chi connectivity index (χ3v) is 3.62. The van der Waals surface area contributed by atoms with Crippen LogP contribution >= 0.6 is 0 Å². The number of rotatable bonds is 3. The van der Waals surface area contributed by atoms with Crippen molar-refractivity contribution in [3.63, 3.8) is 0 Å². The van der Waals surface area contributed by atoms with Crippen molar-refractivity contribution in [3.8, 4) is 0 Å². The van der Waals surface area contributed by atoms with Gasteiger partial charge in [-0.3, -0.25) is 4.79 Å². The number of halogens is 2. The molecule has 1 heterocycles. The summed E-state index contributed by atoms with van der Waals surface area (Å²) in [6, 6.07) is 3.23. The highest BCUT2D eigenvalue weighted by atomic mass is 19.1. The number of hydrogen-bond donors (Lipinski definition) is 1. The Hall–Kier alpha value is -1.49. The van der Waals surface area contributed by atoms with Crippen LogP contribution < -0.4 is 0 Å².